The third kappa shape index (κ3) is 1.36. The van der Waals surface area contributed by atoms with Gasteiger partial charge in [0.25, 0.3) is 0 Å². The van der Waals surface area contributed by atoms with Gasteiger partial charge in [0, 0.05) is 5.38 Å². The summed E-state index contributed by atoms with van der Waals surface area (Å²) in [5.74, 6) is 0. The summed E-state index contributed by atoms with van der Waals surface area (Å²) in [7, 11) is 0. The van der Waals surface area contributed by atoms with Crippen molar-refractivity contribution in [1.29, 1.82) is 0 Å². The molecule has 0 saturated heterocycles. The molecule has 3 heteroatoms. The summed E-state index contributed by atoms with van der Waals surface area (Å²) in [4.78, 5) is 4.03. The van der Waals surface area contributed by atoms with E-state index in [4.69, 9.17) is 0 Å². The van der Waals surface area contributed by atoms with Crippen LogP contribution in [-0.4, -0.2) is 10.1 Å². The van der Waals surface area contributed by atoms with Crippen LogP contribution in [0.2, 0.25) is 0 Å². The summed E-state index contributed by atoms with van der Waals surface area (Å²) >= 11 is 1.51. The molecular formula is C7H11NOS. The van der Waals surface area contributed by atoms with E-state index in [1.807, 2.05) is 12.3 Å². The standard InChI is InChI=1S/C7H11NOS/c1-3-7(2,9)6-4-10-5-8-6/h4-5,9H,3H2,1-2H3/t7-/m1/s1. The predicted molar refractivity (Wildman–Crippen MR) is 42.0 cm³/mol. The average molecular weight is 157 g/mol. The van der Waals surface area contributed by atoms with Gasteiger partial charge in [-0.3, -0.25) is 0 Å². The second kappa shape index (κ2) is 2.68. The zero-order valence-electron chi connectivity index (χ0n) is 6.16. The number of aliphatic hydroxyl groups is 1. The van der Waals surface area contributed by atoms with Crippen LogP contribution in [0.4, 0.5) is 0 Å². The zero-order valence-corrected chi connectivity index (χ0v) is 6.98. The van der Waals surface area contributed by atoms with Gasteiger partial charge in [0.15, 0.2) is 0 Å². The molecule has 0 aliphatic carbocycles. The summed E-state index contributed by atoms with van der Waals surface area (Å²) in [6.07, 6.45) is 0.705. The molecule has 0 fully saturated rings. The first-order chi connectivity index (χ1) is 4.67. The minimum absolute atomic E-state index is 0.705. The Labute approximate surface area is 64.5 Å². The van der Waals surface area contributed by atoms with E-state index in [1.54, 1.807) is 12.4 Å². The molecule has 0 amide bonds. The van der Waals surface area contributed by atoms with Gasteiger partial charge >= 0.3 is 0 Å². The highest BCUT2D eigenvalue weighted by Gasteiger charge is 2.21. The van der Waals surface area contributed by atoms with Gasteiger partial charge in [-0.15, -0.1) is 11.3 Å². The first kappa shape index (κ1) is 7.69. The van der Waals surface area contributed by atoms with Crippen molar-refractivity contribution in [2.75, 3.05) is 0 Å². The third-order valence-corrected chi connectivity index (χ3v) is 2.26. The summed E-state index contributed by atoms with van der Waals surface area (Å²) in [6, 6.07) is 0. The largest absolute Gasteiger partial charge is 0.384 e. The van der Waals surface area contributed by atoms with E-state index in [1.165, 1.54) is 11.3 Å². The van der Waals surface area contributed by atoms with E-state index in [0.29, 0.717) is 6.42 Å². The fourth-order valence-corrected chi connectivity index (χ4v) is 1.34. The minimum Gasteiger partial charge on any atom is -0.384 e. The quantitative estimate of drug-likeness (QED) is 0.709. The predicted octanol–water partition coefficient (Wildman–Crippen LogP) is 1.76. The Hall–Kier alpha value is -0.410. The van der Waals surface area contributed by atoms with Gasteiger partial charge in [0.2, 0.25) is 0 Å². The Kier molecular flexibility index (Phi) is 2.06. The zero-order chi connectivity index (χ0) is 7.61. The molecule has 0 unspecified atom stereocenters. The molecule has 10 heavy (non-hydrogen) atoms. The van der Waals surface area contributed by atoms with Crippen LogP contribution >= 0.6 is 11.3 Å². The van der Waals surface area contributed by atoms with Crippen molar-refractivity contribution in [2.24, 2.45) is 0 Å². The molecule has 0 aromatic carbocycles. The van der Waals surface area contributed by atoms with Crippen molar-refractivity contribution >= 4 is 11.3 Å². The van der Waals surface area contributed by atoms with Crippen LogP contribution in [0.5, 0.6) is 0 Å². The second-order valence-electron chi connectivity index (χ2n) is 2.50. The van der Waals surface area contributed by atoms with Crippen LogP contribution in [0.3, 0.4) is 0 Å². The molecule has 1 heterocycles. The second-order valence-corrected chi connectivity index (χ2v) is 3.22. The van der Waals surface area contributed by atoms with E-state index in [0.717, 1.165) is 5.69 Å². The first-order valence-electron chi connectivity index (χ1n) is 3.28. The summed E-state index contributed by atoms with van der Waals surface area (Å²) in [6.45, 7) is 3.72. The van der Waals surface area contributed by atoms with Crippen molar-refractivity contribution in [3.8, 4) is 0 Å². The molecule has 0 saturated carbocycles. The summed E-state index contributed by atoms with van der Waals surface area (Å²) in [5.41, 5.74) is 1.78. The SMILES string of the molecule is CC[C@@](C)(O)c1cscn1. The lowest BCUT2D eigenvalue weighted by molar-refractivity contribution is 0.0492. The Bertz CT molecular complexity index is 193. The molecule has 0 bridgehead atoms. The lowest BCUT2D eigenvalue weighted by Crippen LogP contribution is -2.19. The highest BCUT2D eigenvalue weighted by atomic mass is 32.1. The maximum Gasteiger partial charge on any atom is 0.104 e. The van der Waals surface area contributed by atoms with Crippen LogP contribution in [0, 0.1) is 0 Å². The van der Waals surface area contributed by atoms with E-state index >= 15 is 0 Å². The first-order valence-corrected chi connectivity index (χ1v) is 4.22. The maximum atomic E-state index is 9.63. The molecule has 1 rings (SSSR count). The van der Waals surface area contributed by atoms with Crippen molar-refractivity contribution in [2.45, 2.75) is 25.9 Å². The van der Waals surface area contributed by atoms with Crippen LogP contribution in [-0.2, 0) is 5.60 Å². The van der Waals surface area contributed by atoms with Crippen LogP contribution < -0.4 is 0 Å². The van der Waals surface area contributed by atoms with E-state index in [2.05, 4.69) is 4.98 Å². The van der Waals surface area contributed by atoms with Crippen molar-refractivity contribution in [3.05, 3.63) is 16.6 Å². The molecule has 56 valence electrons. The lowest BCUT2D eigenvalue weighted by Gasteiger charge is -2.17. The third-order valence-electron chi connectivity index (χ3n) is 1.67. The molecule has 0 radical (unpaired) electrons. The number of thiazole rings is 1. The van der Waals surface area contributed by atoms with E-state index in [9.17, 15) is 5.11 Å². The van der Waals surface area contributed by atoms with E-state index < -0.39 is 5.60 Å². The number of nitrogens with zero attached hydrogens (tertiary/aromatic N) is 1. The van der Waals surface area contributed by atoms with Gasteiger partial charge in [-0.1, -0.05) is 6.92 Å². The van der Waals surface area contributed by atoms with Gasteiger partial charge in [0.05, 0.1) is 11.2 Å². The molecule has 1 aromatic heterocycles. The van der Waals surface area contributed by atoms with Gasteiger partial charge in [-0.25, -0.2) is 4.98 Å². The van der Waals surface area contributed by atoms with E-state index in [-0.39, 0.29) is 0 Å². The summed E-state index contributed by atoms with van der Waals surface area (Å²) < 4.78 is 0. The molecule has 1 N–H and O–H groups in total. The van der Waals surface area contributed by atoms with Gasteiger partial charge in [-0.05, 0) is 13.3 Å². The maximum absolute atomic E-state index is 9.63. The molecule has 0 aliphatic rings. The van der Waals surface area contributed by atoms with Gasteiger partial charge < -0.3 is 5.11 Å². The highest BCUT2D eigenvalue weighted by molar-refractivity contribution is 7.07. The van der Waals surface area contributed by atoms with Crippen LogP contribution in [0.1, 0.15) is 26.0 Å². The average Bonchev–Trinajstić information content (AvgIpc) is 2.38. The minimum atomic E-state index is -0.736. The summed E-state index contributed by atoms with van der Waals surface area (Å²) in [5, 5.41) is 11.5. The Morgan fingerprint density at radius 3 is 2.90 bits per heavy atom. The van der Waals surface area contributed by atoms with Crippen molar-refractivity contribution < 1.29 is 5.11 Å². The Morgan fingerprint density at radius 2 is 2.50 bits per heavy atom. The van der Waals surface area contributed by atoms with Gasteiger partial charge in [-0.2, -0.15) is 0 Å². The fraction of sp³-hybridized carbons (Fsp3) is 0.571. The Balaban J connectivity index is 2.85. The van der Waals surface area contributed by atoms with Gasteiger partial charge in [0.1, 0.15) is 5.60 Å². The van der Waals surface area contributed by atoms with Crippen LogP contribution in [0.25, 0.3) is 0 Å². The highest BCUT2D eigenvalue weighted by Crippen LogP contribution is 2.22. The monoisotopic (exact) mass is 157 g/mol. The number of hydrogen-bond donors (Lipinski definition) is 1. The topological polar surface area (TPSA) is 33.1 Å². The van der Waals surface area contributed by atoms with Crippen LogP contribution in [0.15, 0.2) is 10.9 Å². The molecule has 0 aliphatic heterocycles. The van der Waals surface area contributed by atoms with Crippen molar-refractivity contribution in [1.82, 2.24) is 4.98 Å². The molecule has 1 aromatic rings. The number of hydrogen-bond acceptors (Lipinski definition) is 3. The fourth-order valence-electron chi connectivity index (χ4n) is 0.660. The van der Waals surface area contributed by atoms with Crippen molar-refractivity contribution in [3.63, 3.8) is 0 Å². The molecular weight excluding hydrogens is 146 g/mol. The molecule has 2 nitrogen and oxygen atoms in total. The molecule has 1 atom stereocenters. The Morgan fingerprint density at radius 1 is 1.80 bits per heavy atom. The normalized spacial score (nSPS) is 16.7. The lowest BCUT2D eigenvalue weighted by atomic mass is 10.0. The smallest absolute Gasteiger partial charge is 0.104 e. The number of rotatable bonds is 2. The number of aromatic nitrogens is 1. The molecule has 0 spiro atoms.